The Morgan fingerprint density at radius 2 is 2.03 bits per heavy atom. The van der Waals surface area contributed by atoms with E-state index in [2.05, 4.69) is 31.3 Å². The van der Waals surface area contributed by atoms with E-state index in [0.29, 0.717) is 27.0 Å². The van der Waals surface area contributed by atoms with E-state index in [1.807, 2.05) is 6.07 Å². The topological polar surface area (TPSA) is 138 Å². The van der Waals surface area contributed by atoms with E-state index >= 15 is 0 Å². The first kappa shape index (κ1) is 23.2. The van der Waals surface area contributed by atoms with Crippen LogP contribution < -0.4 is 10.0 Å². The predicted octanol–water partition coefficient (Wildman–Crippen LogP) is 3.52. The van der Waals surface area contributed by atoms with Crippen LogP contribution in [0, 0.1) is 18.3 Å². The largest absolute Gasteiger partial charge is 0.326 e. The molecule has 2 heterocycles. The number of pyridine rings is 1. The van der Waals surface area contributed by atoms with Crippen LogP contribution >= 0.6 is 23.1 Å². The van der Waals surface area contributed by atoms with Crippen LogP contribution in [0.4, 0.5) is 10.8 Å². The molecule has 3 aromatic rings. The molecule has 0 aliphatic heterocycles. The number of sulfonamides is 1. The van der Waals surface area contributed by atoms with Gasteiger partial charge in [-0.05, 0) is 62.1 Å². The lowest BCUT2D eigenvalue weighted by molar-refractivity contribution is -0.115. The maximum Gasteiger partial charge on any atom is 0.263 e. The second kappa shape index (κ2) is 9.86. The van der Waals surface area contributed by atoms with Gasteiger partial charge in [-0.3, -0.25) is 9.52 Å². The van der Waals surface area contributed by atoms with Crippen molar-refractivity contribution in [3.8, 4) is 6.07 Å². The lowest BCUT2D eigenvalue weighted by atomic mass is 10.2. The van der Waals surface area contributed by atoms with Gasteiger partial charge in [-0.2, -0.15) is 5.26 Å². The van der Waals surface area contributed by atoms with Crippen LogP contribution in [0.15, 0.2) is 40.3 Å². The fourth-order valence-corrected chi connectivity index (χ4v) is 6.07. The van der Waals surface area contributed by atoms with Gasteiger partial charge in [0.25, 0.3) is 10.0 Å². The number of amides is 1. The van der Waals surface area contributed by atoms with Gasteiger partial charge >= 0.3 is 0 Å². The first-order valence-electron chi connectivity index (χ1n) is 10.1. The van der Waals surface area contributed by atoms with Crippen LogP contribution in [0.3, 0.4) is 0 Å². The molecule has 4 rings (SSSR count). The highest BCUT2D eigenvalue weighted by Gasteiger charge is 2.18. The zero-order valence-corrected chi connectivity index (χ0v) is 20.1. The first-order valence-corrected chi connectivity index (χ1v) is 13.4. The molecule has 12 heteroatoms. The predicted molar refractivity (Wildman–Crippen MR) is 127 cm³/mol. The maximum absolute atomic E-state index is 12.5. The number of carbonyl (C=O) groups is 1. The van der Waals surface area contributed by atoms with Gasteiger partial charge in [-0.1, -0.05) is 11.3 Å². The highest BCUT2D eigenvalue weighted by atomic mass is 32.2. The highest BCUT2D eigenvalue weighted by Crippen LogP contribution is 2.28. The molecule has 0 radical (unpaired) electrons. The number of hydrogen-bond donors (Lipinski definition) is 2. The second-order valence-electron chi connectivity index (χ2n) is 7.32. The minimum Gasteiger partial charge on any atom is -0.326 e. The normalized spacial score (nSPS) is 12.7. The molecule has 2 aromatic heterocycles. The molecule has 1 aliphatic carbocycles. The Hall–Kier alpha value is -3.01. The molecule has 2 N–H and O–H groups in total. The molecule has 0 fully saturated rings. The minimum absolute atomic E-state index is 0.0515. The van der Waals surface area contributed by atoms with Crippen LogP contribution in [-0.4, -0.2) is 35.3 Å². The summed E-state index contributed by atoms with van der Waals surface area (Å²) in [6.45, 7) is 1.73. The van der Waals surface area contributed by atoms with Crippen molar-refractivity contribution in [2.75, 3.05) is 15.8 Å². The summed E-state index contributed by atoms with van der Waals surface area (Å²) in [5.74, 6) is 0.268. The summed E-state index contributed by atoms with van der Waals surface area (Å²) in [5.41, 5.74) is 3.23. The van der Waals surface area contributed by atoms with E-state index in [9.17, 15) is 18.5 Å². The summed E-state index contributed by atoms with van der Waals surface area (Å²) >= 11 is 2.53. The molecule has 0 spiro atoms. The van der Waals surface area contributed by atoms with Gasteiger partial charge in [-0.15, -0.1) is 22.0 Å². The Bertz CT molecular complexity index is 1330. The Kier molecular flexibility index (Phi) is 6.92. The van der Waals surface area contributed by atoms with E-state index in [1.54, 1.807) is 6.92 Å². The molecule has 0 unspecified atom stereocenters. The van der Waals surface area contributed by atoms with Crippen molar-refractivity contribution in [1.29, 1.82) is 5.26 Å². The van der Waals surface area contributed by atoms with Crippen molar-refractivity contribution in [3.05, 3.63) is 52.2 Å². The van der Waals surface area contributed by atoms with Crippen molar-refractivity contribution >= 4 is 49.8 Å². The van der Waals surface area contributed by atoms with Crippen LogP contribution in [0.2, 0.25) is 0 Å². The lowest BCUT2D eigenvalue weighted by Crippen LogP contribution is -2.14. The molecule has 1 aromatic carbocycles. The molecule has 0 saturated heterocycles. The Morgan fingerprint density at radius 1 is 1.24 bits per heavy atom. The number of anilines is 2. The number of hydrogen-bond acceptors (Lipinski definition) is 9. The zero-order valence-electron chi connectivity index (χ0n) is 17.7. The van der Waals surface area contributed by atoms with Gasteiger partial charge in [-0.25, -0.2) is 13.4 Å². The minimum atomic E-state index is -3.79. The summed E-state index contributed by atoms with van der Waals surface area (Å²) in [5, 5.41) is 21.2. The molecular weight excluding hydrogens is 480 g/mol. The molecule has 0 bridgehead atoms. The van der Waals surface area contributed by atoms with E-state index < -0.39 is 10.0 Å². The molecule has 0 atom stereocenters. The molecular formula is C21H20N6O3S3. The lowest BCUT2D eigenvalue weighted by Gasteiger charge is -2.09. The van der Waals surface area contributed by atoms with Crippen LogP contribution in [-0.2, 0) is 27.7 Å². The highest BCUT2D eigenvalue weighted by molar-refractivity contribution is 7.99. The van der Waals surface area contributed by atoms with E-state index in [1.165, 1.54) is 36.0 Å². The SMILES string of the molecule is Cc1nnc(NS(=O)(=O)c2ccc(NC(=O)CCSc3nc4c(cc3C#N)CCC4)cc2)s1. The third kappa shape index (κ3) is 5.68. The van der Waals surface area contributed by atoms with Gasteiger partial charge in [0.2, 0.25) is 11.0 Å². The molecule has 1 aliphatic rings. The smallest absolute Gasteiger partial charge is 0.263 e. The number of aryl methyl sites for hydroxylation is 3. The summed E-state index contributed by atoms with van der Waals surface area (Å²) < 4.78 is 27.3. The van der Waals surface area contributed by atoms with Crippen molar-refractivity contribution in [3.63, 3.8) is 0 Å². The van der Waals surface area contributed by atoms with E-state index in [-0.39, 0.29) is 22.4 Å². The Morgan fingerprint density at radius 3 is 2.73 bits per heavy atom. The zero-order chi connectivity index (χ0) is 23.4. The molecule has 170 valence electrons. The number of nitrogens with zero attached hydrogens (tertiary/aromatic N) is 4. The average molecular weight is 501 g/mol. The third-order valence-corrected chi connectivity index (χ3v) is 8.13. The van der Waals surface area contributed by atoms with Crippen molar-refractivity contribution < 1.29 is 13.2 Å². The summed E-state index contributed by atoms with van der Waals surface area (Å²) in [7, 11) is -3.79. The van der Waals surface area contributed by atoms with Crippen molar-refractivity contribution in [2.24, 2.45) is 0 Å². The van der Waals surface area contributed by atoms with Crippen LogP contribution in [0.1, 0.15) is 34.7 Å². The first-order chi connectivity index (χ1) is 15.8. The number of carbonyl (C=O) groups excluding carboxylic acids is 1. The molecule has 1 amide bonds. The van der Waals surface area contributed by atoms with Gasteiger partial charge in [0, 0.05) is 23.6 Å². The summed E-state index contributed by atoms with van der Waals surface area (Å²) in [4.78, 5) is 17.0. The van der Waals surface area contributed by atoms with E-state index in [0.717, 1.165) is 41.9 Å². The molecule has 9 nitrogen and oxygen atoms in total. The number of rotatable bonds is 8. The summed E-state index contributed by atoms with van der Waals surface area (Å²) in [6, 6.07) is 9.98. The molecule has 33 heavy (non-hydrogen) atoms. The van der Waals surface area contributed by atoms with Crippen molar-refractivity contribution in [2.45, 2.75) is 42.5 Å². The Balaban J connectivity index is 1.31. The third-order valence-electron chi connectivity index (χ3n) is 4.90. The number of thioether (sulfide) groups is 1. The van der Waals surface area contributed by atoms with Crippen molar-refractivity contribution in [1.82, 2.24) is 15.2 Å². The second-order valence-corrected chi connectivity index (χ2v) is 11.3. The number of fused-ring (bicyclic) bond motifs is 1. The van der Waals surface area contributed by atoms with Gasteiger partial charge in [0.05, 0.1) is 10.5 Å². The summed E-state index contributed by atoms with van der Waals surface area (Å²) in [6.07, 6.45) is 3.17. The fraction of sp³-hybridized carbons (Fsp3) is 0.286. The maximum atomic E-state index is 12.5. The molecule has 0 saturated carbocycles. The monoisotopic (exact) mass is 500 g/mol. The quantitative estimate of drug-likeness (QED) is 0.448. The Labute approximate surface area is 199 Å². The number of nitriles is 1. The number of benzene rings is 1. The van der Waals surface area contributed by atoms with Gasteiger partial charge < -0.3 is 5.32 Å². The van der Waals surface area contributed by atoms with Gasteiger partial charge in [0.15, 0.2) is 0 Å². The number of aromatic nitrogens is 3. The van der Waals surface area contributed by atoms with Crippen LogP contribution in [0.25, 0.3) is 0 Å². The van der Waals surface area contributed by atoms with Gasteiger partial charge in [0.1, 0.15) is 16.1 Å². The van der Waals surface area contributed by atoms with E-state index in [4.69, 9.17) is 0 Å². The number of nitrogens with one attached hydrogen (secondary N) is 2. The van der Waals surface area contributed by atoms with Crippen LogP contribution in [0.5, 0.6) is 0 Å². The standard InChI is InChI=1S/C21H20N6O3S3/c1-13-25-26-21(32-13)27-33(29,30)17-7-5-16(6-8-17)23-19(28)9-10-31-20-15(12-22)11-14-3-2-4-18(14)24-20/h5-8,11H,2-4,9-10H2,1H3,(H,23,28)(H,26,27). The fourth-order valence-electron chi connectivity index (χ4n) is 3.34. The average Bonchev–Trinajstić information content (AvgIpc) is 3.41.